The average molecular weight is 219 g/mol. The maximum atomic E-state index is 11.2. The molecule has 0 fully saturated rings. The molecule has 2 heterocycles. The standard InChI is InChI=1S/C11H9NO2S/c1-14-11(13)8-2-3-10(12-6-8)9-4-5-15-7-9/h2-7H,1H3. The number of nitrogens with zero attached hydrogens (tertiary/aromatic N) is 1. The second-order valence-electron chi connectivity index (χ2n) is 2.94. The Bertz CT molecular complexity index is 448. The number of pyridine rings is 1. The molecule has 0 spiro atoms. The summed E-state index contributed by atoms with van der Waals surface area (Å²) in [6.07, 6.45) is 1.53. The minimum atomic E-state index is -0.362. The van der Waals surface area contributed by atoms with E-state index in [0.29, 0.717) is 5.56 Å². The van der Waals surface area contributed by atoms with Crippen molar-refractivity contribution < 1.29 is 9.53 Å². The number of hydrogen-bond acceptors (Lipinski definition) is 4. The summed E-state index contributed by atoms with van der Waals surface area (Å²) in [5.74, 6) is -0.362. The van der Waals surface area contributed by atoms with Crippen LogP contribution in [0.2, 0.25) is 0 Å². The van der Waals surface area contributed by atoms with Gasteiger partial charge in [0.1, 0.15) is 0 Å². The van der Waals surface area contributed by atoms with Crippen molar-refractivity contribution in [1.82, 2.24) is 4.98 Å². The normalized spacial score (nSPS) is 9.93. The van der Waals surface area contributed by atoms with Crippen molar-refractivity contribution in [3.63, 3.8) is 0 Å². The Hall–Kier alpha value is -1.68. The van der Waals surface area contributed by atoms with Crippen LogP contribution in [0.3, 0.4) is 0 Å². The van der Waals surface area contributed by atoms with Crippen molar-refractivity contribution in [1.29, 1.82) is 0 Å². The first kappa shape index (κ1) is 9.86. The van der Waals surface area contributed by atoms with E-state index in [4.69, 9.17) is 0 Å². The summed E-state index contributed by atoms with van der Waals surface area (Å²) >= 11 is 1.62. The highest BCUT2D eigenvalue weighted by atomic mass is 32.1. The van der Waals surface area contributed by atoms with Crippen molar-refractivity contribution >= 4 is 17.3 Å². The van der Waals surface area contributed by atoms with E-state index in [1.54, 1.807) is 17.4 Å². The highest BCUT2D eigenvalue weighted by molar-refractivity contribution is 7.08. The van der Waals surface area contributed by atoms with E-state index in [1.807, 2.05) is 22.9 Å². The Morgan fingerprint density at radius 1 is 1.40 bits per heavy atom. The van der Waals surface area contributed by atoms with Crippen molar-refractivity contribution in [2.75, 3.05) is 7.11 Å². The monoisotopic (exact) mass is 219 g/mol. The van der Waals surface area contributed by atoms with Gasteiger partial charge in [-0.2, -0.15) is 11.3 Å². The van der Waals surface area contributed by atoms with Gasteiger partial charge in [0.05, 0.1) is 18.4 Å². The molecule has 3 nitrogen and oxygen atoms in total. The summed E-state index contributed by atoms with van der Waals surface area (Å²) in [5.41, 5.74) is 2.40. The van der Waals surface area contributed by atoms with E-state index in [0.717, 1.165) is 11.3 Å². The van der Waals surface area contributed by atoms with Crippen LogP contribution in [0.15, 0.2) is 35.2 Å². The first-order valence-corrected chi connectivity index (χ1v) is 5.32. The molecule has 4 heteroatoms. The van der Waals surface area contributed by atoms with Crippen LogP contribution in [0, 0.1) is 0 Å². The molecule has 0 radical (unpaired) electrons. The highest BCUT2D eigenvalue weighted by Crippen LogP contribution is 2.19. The summed E-state index contributed by atoms with van der Waals surface area (Å²) in [6.45, 7) is 0. The van der Waals surface area contributed by atoms with Crippen molar-refractivity contribution in [2.45, 2.75) is 0 Å². The van der Waals surface area contributed by atoms with E-state index in [1.165, 1.54) is 13.3 Å². The lowest BCUT2D eigenvalue weighted by Crippen LogP contribution is -2.01. The van der Waals surface area contributed by atoms with Gasteiger partial charge in [-0.15, -0.1) is 0 Å². The van der Waals surface area contributed by atoms with E-state index >= 15 is 0 Å². The molecule has 0 amide bonds. The van der Waals surface area contributed by atoms with E-state index < -0.39 is 0 Å². The first-order chi connectivity index (χ1) is 7.31. The Morgan fingerprint density at radius 2 is 2.27 bits per heavy atom. The number of aromatic nitrogens is 1. The predicted octanol–water partition coefficient (Wildman–Crippen LogP) is 2.60. The summed E-state index contributed by atoms with van der Waals surface area (Å²) in [7, 11) is 1.36. The quantitative estimate of drug-likeness (QED) is 0.729. The number of ether oxygens (including phenoxy) is 1. The minimum absolute atomic E-state index is 0.362. The summed E-state index contributed by atoms with van der Waals surface area (Å²) < 4.78 is 4.59. The molecule has 0 unspecified atom stereocenters. The lowest BCUT2D eigenvalue weighted by Gasteiger charge is -2.00. The zero-order valence-electron chi connectivity index (χ0n) is 8.14. The predicted molar refractivity (Wildman–Crippen MR) is 58.9 cm³/mol. The average Bonchev–Trinajstić information content (AvgIpc) is 2.82. The van der Waals surface area contributed by atoms with E-state index in [9.17, 15) is 4.79 Å². The minimum Gasteiger partial charge on any atom is -0.465 e. The Morgan fingerprint density at radius 3 is 2.80 bits per heavy atom. The van der Waals surface area contributed by atoms with Gasteiger partial charge in [-0.3, -0.25) is 4.98 Å². The SMILES string of the molecule is COC(=O)c1ccc(-c2ccsc2)nc1. The number of hydrogen-bond donors (Lipinski definition) is 0. The molecule has 15 heavy (non-hydrogen) atoms. The van der Waals surface area contributed by atoms with Gasteiger partial charge in [0, 0.05) is 17.1 Å². The van der Waals surface area contributed by atoms with Crippen LogP contribution in [0.5, 0.6) is 0 Å². The van der Waals surface area contributed by atoms with E-state index in [2.05, 4.69) is 9.72 Å². The fraction of sp³-hybridized carbons (Fsp3) is 0.0909. The molecule has 0 saturated heterocycles. The Labute approximate surface area is 91.4 Å². The molecular formula is C11H9NO2S. The smallest absolute Gasteiger partial charge is 0.339 e. The third-order valence-electron chi connectivity index (χ3n) is 2.00. The maximum absolute atomic E-state index is 11.2. The molecule has 76 valence electrons. The first-order valence-electron chi connectivity index (χ1n) is 4.38. The van der Waals surface area contributed by atoms with Gasteiger partial charge in [-0.05, 0) is 23.6 Å². The van der Waals surface area contributed by atoms with Crippen molar-refractivity contribution in [3.8, 4) is 11.3 Å². The maximum Gasteiger partial charge on any atom is 0.339 e. The summed E-state index contributed by atoms with van der Waals surface area (Å²) in [6, 6.07) is 5.52. The summed E-state index contributed by atoms with van der Waals surface area (Å²) in [5, 5.41) is 4.01. The lowest BCUT2D eigenvalue weighted by molar-refractivity contribution is 0.0600. The molecule has 0 atom stereocenters. The second-order valence-corrected chi connectivity index (χ2v) is 3.72. The number of methoxy groups -OCH3 is 1. The van der Waals surface area contributed by atoms with E-state index in [-0.39, 0.29) is 5.97 Å². The molecule has 0 aliphatic rings. The molecular weight excluding hydrogens is 210 g/mol. The van der Waals surface area contributed by atoms with Crippen LogP contribution < -0.4 is 0 Å². The lowest BCUT2D eigenvalue weighted by atomic mass is 10.2. The summed E-state index contributed by atoms with van der Waals surface area (Å²) in [4.78, 5) is 15.3. The third kappa shape index (κ3) is 2.05. The van der Waals surface area contributed by atoms with Crippen LogP contribution >= 0.6 is 11.3 Å². The Kier molecular flexibility index (Phi) is 2.78. The van der Waals surface area contributed by atoms with Crippen LogP contribution in [-0.4, -0.2) is 18.1 Å². The molecule has 0 aliphatic carbocycles. The largest absolute Gasteiger partial charge is 0.465 e. The van der Waals surface area contributed by atoms with Gasteiger partial charge in [-0.1, -0.05) is 0 Å². The zero-order valence-corrected chi connectivity index (χ0v) is 8.95. The Balaban J connectivity index is 2.29. The molecule has 0 bridgehead atoms. The van der Waals surface area contributed by atoms with Crippen molar-refractivity contribution in [2.24, 2.45) is 0 Å². The fourth-order valence-electron chi connectivity index (χ4n) is 1.21. The highest BCUT2D eigenvalue weighted by Gasteiger charge is 2.06. The van der Waals surface area contributed by atoms with Crippen LogP contribution in [-0.2, 0) is 4.74 Å². The zero-order chi connectivity index (χ0) is 10.7. The van der Waals surface area contributed by atoms with Gasteiger partial charge in [0.2, 0.25) is 0 Å². The van der Waals surface area contributed by atoms with Gasteiger partial charge in [0.25, 0.3) is 0 Å². The number of esters is 1. The number of carbonyl (C=O) groups is 1. The third-order valence-corrected chi connectivity index (χ3v) is 2.68. The second kappa shape index (κ2) is 4.23. The molecule has 2 aromatic heterocycles. The van der Waals surface area contributed by atoms with Gasteiger partial charge < -0.3 is 4.74 Å². The van der Waals surface area contributed by atoms with Crippen LogP contribution in [0.1, 0.15) is 10.4 Å². The molecule has 0 aliphatic heterocycles. The van der Waals surface area contributed by atoms with Crippen LogP contribution in [0.25, 0.3) is 11.3 Å². The van der Waals surface area contributed by atoms with Gasteiger partial charge in [-0.25, -0.2) is 4.79 Å². The number of thiophene rings is 1. The molecule has 2 aromatic rings. The molecule has 2 rings (SSSR count). The number of rotatable bonds is 2. The molecule has 0 aromatic carbocycles. The number of carbonyl (C=O) groups excluding carboxylic acids is 1. The molecule has 0 saturated carbocycles. The topological polar surface area (TPSA) is 39.2 Å². The van der Waals surface area contributed by atoms with Gasteiger partial charge in [0.15, 0.2) is 0 Å². The fourth-order valence-corrected chi connectivity index (χ4v) is 1.86. The van der Waals surface area contributed by atoms with Gasteiger partial charge >= 0.3 is 5.97 Å². The van der Waals surface area contributed by atoms with Crippen molar-refractivity contribution in [3.05, 3.63) is 40.7 Å². The molecule has 0 N–H and O–H groups in total. The van der Waals surface area contributed by atoms with Crippen LogP contribution in [0.4, 0.5) is 0 Å².